The second-order valence-corrected chi connectivity index (χ2v) is 5.99. The topological polar surface area (TPSA) is 74.2 Å². The summed E-state index contributed by atoms with van der Waals surface area (Å²) < 4.78 is 41.9. The van der Waals surface area contributed by atoms with E-state index >= 15 is 0 Å². The van der Waals surface area contributed by atoms with E-state index in [0.29, 0.717) is 11.3 Å². The van der Waals surface area contributed by atoms with Crippen LogP contribution in [0.4, 0.5) is 8.78 Å². The first-order valence-corrected chi connectivity index (χ1v) is 8.20. The third-order valence-corrected chi connectivity index (χ3v) is 3.93. The minimum Gasteiger partial charge on any atom is -0.496 e. The average Bonchev–Trinajstić information content (AvgIpc) is 2.99. The molecule has 0 N–H and O–H groups in total. The Morgan fingerprint density at radius 3 is 2.61 bits per heavy atom. The molecule has 28 heavy (non-hydrogen) atoms. The number of carbonyl (C=O) groups is 2. The van der Waals surface area contributed by atoms with Crippen LogP contribution in [0.25, 0.3) is 6.08 Å². The summed E-state index contributed by atoms with van der Waals surface area (Å²) in [7, 11) is 1.40. The molecular formula is C19H12ClF2NO5. The Morgan fingerprint density at radius 2 is 1.93 bits per heavy atom. The van der Waals surface area contributed by atoms with E-state index in [1.165, 1.54) is 32.2 Å². The van der Waals surface area contributed by atoms with Gasteiger partial charge in [-0.15, -0.1) is 0 Å². The van der Waals surface area contributed by atoms with Crippen LogP contribution in [0.3, 0.4) is 0 Å². The molecule has 0 aromatic heterocycles. The number of aliphatic imine (C=N–C) groups is 1. The van der Waals surface area contributed by atoms with Crippen molar-refractivity contribution >= 4 is 35.5 Å². The van der Waals surface area contributed by atoms with Crippen molar-refractivity contribution in [1.29, 1.82) is 0 Å². The molecule has 0 radical (unpaired) electrons. The Labute approximate surface area is 163 Å². The Kier molecular flexibility index (Phi) is 5.41. The largest absolute Gasteiger partial charge is 0.496 e. The molecule has 9 heteroatoms. The number of esters is 2. The second-order valence-electron chi connectivity index (χ2n) is 5.58. The molecule has 3 rings (SSSR count). The van der Waals surface area contributed by atoms with Gasteiger partial charge in [0.2, 0.25) is 5.90 Å². The van der Waals surface area contributed by atoms with Crippen LogP contribution >= 0.6 is 11.6 Å². The number of nitrogens with zero attached hydrogens (tertiary/aromatic N) is 1. The Balaban J connectivity index is 1.98. The van der Waals surface area contributed by atoms with Crippen LogP contribution in [-0.4, -0.2) is 24.9 Å². The first-order chi connectivity index (χ1) is 13.3. The van der Waals surface area contributed by atoms with Gasteiger partial charge in [-0.1, -0.05) is 11.6 Å². The maximum atomic E-state index is 13.5. The smallest absolute Gasteiger partial charge is 0.363 e. The summed E-state index contributed by atoms with van der Waals surface area (Å²) in [5.74, 6) is -3.26. The minimum absolute atomic E-state index is 0.0607. The number of halogens is 3. The number of hydrogen-bond donors (Lipinski definition) is 0. The average molecular weight is 408 g/mol. The molecule has 0 fully saturated rings. The van der Waals surface area contributed by atoms with Crippen LogP contribution in [0.15, 0.2) is 41.0 Å². The van der Waals surface area contributed by atoms with Crippen molar-refractivity contribution in [2.75, 3.05) is 7.11 Å². The van der Waals surface area contributed by atoms with Gasteiger partial charge in [0.1, 0.15) is 11.5 Å². The molecule has 144 valence electrons. The van der Waals surface area contributed by atoms with Crippen LogP contribution in [0, 0.1) is 11.6 Å². The van der Waals surface area contributed by atoms with Gasteiger partial charge in [0.25, 0.3) is 0 Å². The van der Waals surface area contributed by atoms with E-state index in [9.17, 15) is 18.4 Å². The van der Waals surface area contributed by atoms with Crippen molar-refractivity contribution in [3.8, 4) is 11.5 Å². The molecule has 0 saturated heterocycles. The van der Waals surface area contributed by atoms with Gasteiger partial charge in [0.15, 0.2) is 17.3 Å². The third-order valence-electron chi connectivity index (χ3n) is 3.62. The molecule has 0 atom stereocenters. The van der Waals surface area contributed by atoms with Gasteiger partial charge in [0, 0.05) is 18.6 Å². The van der Waals surface area contributed by atoms with E-state index < -0.39 is 23.6 Å². The number of carbonyl (C=O) groups excluding carboxylic acids is 2. The van der Waals surface area contributed by atoms with Gasteiger partial charge in [-0.25, -0.2) is 18.6 Å². The fourth-order valence-corrected chi connectivity index (χ4v) is 2.63. The van der Waals surface area contributed by atoms with Crippen molar-refractivity contribution in [2.45, 2.75) is 6.92 Å². The van der Waals surface area contributed by atoms with Gasteiger partial charge < -0.3 is 14.2 Å². The number of cyclic esters (lactones) is 1. The summed E-state index contributed by atoms with van der Waals surface area (Å²) in [6.07, 6.45) is 1.37. The lowest BCUT2D eigenvalue weighted by Crippen LogP contribution is -2.07. The zero-order valence-electron chi connectivity index (χ0n) is 14.6. The van der Waals surface area contributed by atoms with Crippen LogP contribution in [0.2, 0.25) is 5.02 Å². The molecule has 1 aliphatic rings. The summed E-state index contributed by atoms with van der Waals surface area (Å²) in [4.78, 5) is 27.2. The molecule has 2 aromatic rings. The van der Waals surface area contributed by atoms with E-state index in [1.807, 2.05) is 0 Å². The second kappa shape index (κ2) is 7.77. The fraction of sp³-hybridized carbons (Fsp3) is 0.105. The van der Waals surface area contributed by atoms with Crippen molar-refractivity contribution < 1.29 is 32.6 Å². The molecule has 1 aliphatic heterocycles. The fourth-order valence-electron chi connectivity index (χ4n) is 2.40. The van der Waals surface area contributed by atoms with E-state index in [4.69, 9.17) is 25.8 Å². The summed E-state index contributed by atoms with van der Waals surface area (Å²) in [5, 5.41) is -0.157. The van der Waals surface area contributed by atoms with Gasteiger partial charge in [-0.3, -0.25) is 4.79 Å². The SMILES string of the molecule is COc1cc(OC(C)=O)ccc1/C=C1\N=C(c2cc(F)c(F)cc2Cl)OC1=O. The van der Waals surface area contributed by atoms with Gasteiger partial charge >= 0.3 is 11.9 Å². The van der Waals surface area contributed by atoms with E-state index in [-0.39, 0.29) is 27.9 Å². The minimum atomic E-state index is -1.15. The van der Waals surface area contributed by atoms with Gasteiger partial charge in [0.05, 0.1) is 17.7 Å². The molecule has 0 saturated carbocycles. The number of benzene rings is 2. The van der Waals surface area contributed by atoms with Crippen LogP contribution in [0.1, 0.15) is 18.1 Å². The zero-order valence-corrected chi connectivity index (χ0v) is 15.3. The predicted molar refractivity (Wildman–Crippen MR) is 96.3 cm³/mol. The normalized spacial score (nSPS) is 14.7. The molecule has 2 aromatic carbocycles. The highest BCUT2D eigenvalue weighted by molar-refractivity contribution is 6.34. The summed E-state index contributed by atoms with van der Waals surface area (Å²) in [6.45, 7) is 1.26. The molecular weight excluding hydrogens is 396 g/mol. The van der Waals surface area contributed by atoms with Gasteiger partial charge in [-0.2, -0.15) is 0 Å². The van der Waals surface area contributed by atoms with E-state index in [2.05, 4.69) is 4.99 Å². The van der Waals surface area contributed by atoms with Crippen LogP contribution in [-0.2, 0) is 14.3 Å². The standard InChI is InChI=1S/C19H12ClF2NO5/c1-9(24)27-11-4-3-10(17(6-11)26-2)5-16-19(25)28-18(23-16)12-7-14(21)15(22)8-13(12)20/h3-8H,1-2H3/b16-5-. The Hall–Kier alpha value is -3.26. The molecule has 0 unspecified atom stereocenters. The van der Waals surface area contributed by atoms with E-state index in [0.717, 1.165) is 12.1 Å². The zero-order chi connectivity index (χ0) is 20.4. The highest BCUT2D eigenvalue weighted by Gasteiger charge is 2.27. The molecule has 0 amide bonds. The molecule has 6 nitrogen and oxygen atoms in total. The molecule has 0 aliphatic carbocycles. The van der Waals surface area contributed by atoms with Crippen molar-refractivity contribution in [3.05, 3.63) is 63.8 Å². The maximum Gasteiger partial charge on any atom is 0.363 e. The monoisotopic (exact) mass is 407 g/mol. The van der Waals surface area contributed by atoms with Crippen molar-refractivity contribution in [1.82, 2.24) is 0 Å². The summed E-state index contributed by atoms with van der Waals surface area (Å²) in [5.41, 5.74) is 0.288. The van der Waals surface area contributed by atoms with Crippen molar-refractivity contribution in [3.63, 3.8) is 0 Å². The Morgan fingerprint density at radius 1 is 1.21 bits per heavy atom. The quantitative estimate of drug-likeness (QED) is 0.332. The number of rotatable bonds is 4. The first kappa shape index (κ1) is 19.5. The molecule has 0 bridgehead atoms. The predicted octanol–water partition coefficient (Wildman–Crippen LogP) is 3.90. The van der Waals surface area contributed by atoms with Crippen LogP contribution < -0.4 is 9.47 Å². The lowest BCUT2D eigenvalue weighted by Gasteiger charge is -2.07. The van der Waals surface area contributed by atoms with E-state index in [1.54, 1.807) is 6.07 Å². The molecule has 0 spiro atoms. The summed E-state index contributed by atoms with van der Waals surface area (Å²) in [6, 6.07) is 6.08. The third kappa shape index (κ3) is 4.01. The Bertz CT molecular complexity index is 1050. The lowest BCUT2D eigenvalue weighted by atomic mass is 10.1. The van der Waals surface area contributed by atoms with Gasteiger partial charge in [-0.05, 0) is 30.3 Å². The number of ether oxygens (including phenoxy) is 3. The number of hydrogen-bond acceptors (Lipinski definition) is 6. The highest BCUT2D eigenvalue weighted by Crippen LogP contribution is 2.30. The molecule has 1 heterocycles. The van der Waals surface area contributed by atoms with Crippen molar-refractivity contribution in [2.24, 2.45) is 4.99 Å². The number of methoxy groups -OCH3 is 1. The highest BCUT2D eigenvalue weighted by atomic mass is 35.5. The maximum absolute atomic E-state index is 13.5. The van der Waals surface area contributed by atoms with Crippen LogP contribution in [0.5, 0.6) is 11.5 Å². The lowest BCUT2D eigenvalue weighted by molar-refractivity contribution is -0.132. The summed E-state index contributed by atoms with van der Waals surface area (Å²) >= 11 is 5.88. The first-order valence-electron chi connectivity index (χ1n) is 7.82.